The molecule has 0 bridgehead atoms. The van der Waals surface area contributed by atoms with Crippen LogP contribution in [0.15, 0.2) is 21.5 Å². The average Bonchev–Trinajstić information content (AvgIpc) is 2.30. The quantitative estimate of drug-likeness (QED) is 0.729. The Bertz CT molecular complexity index is 598. The second-order valence-corrected chi connectivity index (χ2v) is 8.73. The summed E-state index contributed by atoms with van der Waals surface area (Å²) in [5.41, 5.74) is 0. The highest BCUT2D eigenvalue weighted by molar-refractivity contribution is 9.10. The predicted molar refractivity (Wildman–Crippen MR) is 85.9 cm³/mol. The van der Waals surface area contributed by atoms with E-state index in [1.807, 2.05) is 6.92 Å². The summed E-state index contributed by atoms with van der Waals surface area (Å²) >= 11 is 15.5. The Morgan fingerprint density at radius 2 is 1.80 bits per heavy atom. The van der Waals surface area contributed by atoms with Gasteiger partial charge in [-0.1, -0.05) is 46.1 Å². The average molecular weight is 401 g/mol. The second kappa shape index (κ2) is 6.13. The van der Waals surface area contributed by atoms with Crippen LogP contribution in [0.1, 0.15) is 26.7 Å². The van der Waals surface area contributed by atoms with Crippen LogP contribution < -0.4 is 0 Å². The fourth-order valence-electron chi connectivity index (χ4n) is 2.53. The van der Waals surface area contributed by atoms with E-state index in [4.69, 9.17) is 23.2 Å². The molecule has 7 heteroatoms. The molecular weight excluding hydrogens is 385 g/mol. The van der Waals surface area contributed by atoms with Gasteiger partial charge in [0.05, 0.1) is 10.0 Å². The van der Waals surface area contributed by atoms with Gasteiger partial charge >= 0.3 is 0 Å². The highest BCUT2D eigenvalue weighted by Gasteiger charge is 2.36. The number of nitrogens with zero attached hydrogens (tertiary/aromatic N) is 1. The molecule has 2 atom stereocenters. The number of hydrogen-bond donors (Lipinski definition) is 0. The van der Waals surface area contributed by atoms with Crippen LogP contribution in [0.2, 0.25) is 10.0 Å². The van der Waals surface area contributed by atoms with E-state index in [2.05, 4.69) is 22.9 Å². The van der Waals surface area contributed by atoms with Crippen molar-refractivity contribution in [2.75, 3.05) is 6.54 Å². The Balaban J connectivity index is 2.50. The highest BCUT2D eigenvalue weighted by atomic mass is 79.9. The molecule has 0 spiro atoms. The molecule has 0 aliphatic carbocycles. The lowest BCUT2D eigenvalue weighted by Gasteiger charge is -2.37. The highest BCUT2D eigenvalue weighted by Crippen LogP contribution is 2.37. The molecule has 1 aromatic carbocycles. The van der Waals surface area contributed by atoms with Crippen LogP contribution in [0.25, 0.3) is 0 Å². The van der Waals surface area contributed by atoms with E-state index in [1.54, 1.807) is 12.1 Å². The number of rotatable bonds is 2. The van der Waals surface area contributed by atoms with E-state index < -0.39 is 10.0 Å². The van der Waals surface area contributed by atoms with Crippen molar-refractivity contribution in [3.05, 3.63) is 26.7 Å². The third kappa shape index (κ3) is 3.02. The maximum absolute atomic E-state index is 12.8. The molecule has 20 heavy (non-hydrogen) atoms. The Morgan fingerprint density at radius 1 is 1.25 bits per heavy atom. The summed E-state index contributed by atoms with van der Waals surface area (Å²) < 4.78 is 27.9. The Morgan fingerprint density at radius 3 is 2.35 bits per heavy atom. The number of hydrogen-bond acceptors (Lipinski definition) is 2. The van der Waals surface area contributed by atoms with Crippen molar-refractivity contribution in [3.8, 4) is 0 Å². The van der Waals surface area contributed by atoms with Gasteiger partial charge in [0.1, 0.15) is 4.90 Å². The molecule has 1 aliphatic heterocycles. The smallest absolute Gasteiger partial charge is 0.207 e. The summed E-state index contributed by atoms with van der Waals surface area (Å²) in [5.74, 6) is 0.325. The lowest BCUT2D eigenvalue weighted by molar-refractivity contribution is 0.202. The molecule has 1 fully saturated rings. The van der Waals surface area contributed by atoms with Gasteiger partial charge in [-0.05, 0) is 37.8 Å². The molecule has 0 aromatic heterocycles. The van der Waals surface area contributed by atoms with Crippen molar-refractivity contribution >= 4 is 49.2 Å². The minimum atomic E-state index is -3.67. The monoisotopic (exact) mass is 399 g/mol. The van der Waals surface area contributed by atoms with Crippen LogP contribution in [0, 0.1) is 5.92 Å². The van der Waals surface area contributed by atoms with Gasteiger partial charge in [-0.25, -0.2) is 8.42 Å². The second-order valence-electron chi connectivity index (χ2n) is 5.17. The maximum Gasteiger partial charge on any atom is 0.246 e. The van der Waals surface area contributed by atoms with Gasteiger partial charge in [0, 0.05) is 17.1 Å². The number of sulfonamides is 1. The van der Waals surface area contributed by atoms with Crippen molar-refractivity contribution in [1.82, 2.24) is 4.31 Å². The minimum absolute atomic E-state index is 0.00461. The lowest BCUT2D eigenvalue weighted by atomic mass is 9.94. The molecular formula is C13H16BrCl2NO2S. The fourth-order valence-corrected chi connectivity index (χ4v) is 6.18. The van der Waals surface area contributed by atoms with Crippen LogP contribution in [-0.2, 0) is 10.0 Å². The standard InChI is InChI=1S/C13H16BrCl2NO2S/c1-8-4-3-5-17(9(8)2)20(18,19)13-11(15)6-10(14)7-12(13)16/h6-9H,3-5H2,1-2H3. The van der Waals surface area contributed by atoms with Crippen LogP contribution >= 0.6 is 39.1 Å². The van der Waals surface area contributed by atoms with Crippen LogP contribution in [0.3, 0.4) is 0 Å². The third-order valence-corrected chi connectivity index (χ3v) is 7.21. The van der Waals surface area contributed by atoms with E-state index in [0.29, 0.717) is 16.9 Å². The third-order valence-electron chi connectivity index (χ3n) is 3.85. The molecule has 0 saturated carbocycles. The van der Waals surface area contributed by atoms with E-state index in [1.165, 1.54) is 4.31 Å². The molecule has 1 aliphatic rings. The normalized spacial score (nSPS) is 24.9. The summed E-state index contributed by atoms with van der Waals surface area (Å²) in [7, 11) is -3.67. The summed E-state index contributed by atoms with van der Waals surface area (Å²) in [6.07, 6.45) is 1.89. The molecule has 1 saturated heterocycles. The summed E-state index contributed by atoms with van der Waals surface area (Å²) in [6.45, 7) is 4.51. The topological polar surface area (TPSA) is 37.4 Å². The first-order chi connectivity index (χ1) is 9.25. The molecule has 0 radical (unpaired) electrons. The Hall–Kier alpha value is 0.190. The van der Waals surface area contributed by atoms with Crippen molar-refractivity contribution in [2.45, 2.75) is 37.6 Å². The van der Waals surface area contributed by atoms with Crippen molar-refractivity contribution in [2.24, 2.45) is 5.92 Å². The van der Waals surface area contributed by atoms with E-state index in [0.717, 1.165) is 12.8 Å². The van der Waals surface area contributed by atoms with Gasteiger partial charge in [-0.2, -0.15) is 4.31 Å². The van der Waals surface area contributed by atoms with E-state index >= 15 is 0 Å². The molecule has 1 heterocycles. The first kappa shape index (κ1) is 16.6. The SMILES string of the molecule is CC1CCCN(S(=O)(=O)c2c(Cl)cc(Br)cc2Cl)C1C. The van der Waals surface area contributed by atoms with Gasteiger partial charge in [0.2, 0.25) is 10.0 Å². The zero-order valence-corrected chi connectivity index (χ0v) is 15.2. The van der Waals surface area contributed by atoms with E-state index in [-0.39, 0.29) is 21.0 Å². The molecule has 1 aromatic rings. The first-order valence-electron chi connectivity index (χ1n) is 6.41. The van der Waals surface area contributed by atoms with Gasteiger partial charge < -0.3 is 0 Å². The van der Waals surface area contributed by atoms with Crippen LogP contribution in [0.5, 0.6) is 0 Å². The first-order valence-corrected chi connectivity index (χ1v) is 9.40. The molecule has 0 amide bonds. The van der Waals surface area contributed by atoms with Gasteiger partial charge in [0.15, 0.2) is 0 Å². The molecule has 2 unspecified atom stereocenters. The van der Waals surface area contributed by atoms with Gasteiger partial charge in [-0.15, -0.1) is 0 Å². The van der Waals surface area contributed by atoms with Gasteiger partial charge in [-0.3, -0.25) is 0 Å². The van der Waals surface area contributed by atoms with E-state index in [9.17, 15) is 8.42 Å². The zero-order valence-electron chi connectivity index (χ0n) is 11.2. The fraction of sp³-hybridized carbons (Fsp3) is 0.538. The van der Waals surface area contributed by atoms with Crippen molar-refractivity contribution in [1.29, 1.82) is 0 Å². The molecule has 3 nitrogen and oxygen atoms in total. The number of benzene rings is 1. The van der Waals surface area contributed by atoms with Crippen LogP contribution in [0.4, 0.5) is 0 Å². The molecule has 0 N–H and O–H groups in total. The summed E-state index contributed by atoms with van der Waals surface area (Å²) in [6, 6.07) is 3.06. The van der Waals surface area contributed by atoms with Crippen LogP contribution in [-0.4, -0.2) is 25.3 Å². The zero-order chi connectivity index (χ0) is 15.1. The minimum Gasteiger partial charge on any atom is -0.207 e. The van der Waals surface area contributed by atoms with Crippen molar-refractivity contribution in [3.63, 3.8) is 0 Å². The Labute approximate surface area is 138 Å². The Kier molecular flexibility index (Phi) is 5.07. The van der Waals surface area contributed by atoms with Gasteiger partial charge in [0.25, 0.3) is 0 Å². The number of halogens is 3. The number of piperidine rings is 1. The molecule has 2 rings (SSSR count). The molecule has 112 valence electrons. The van der Waals surface area contributed by atoms with Crippen molar-refractivity contribution < 1.29 is 8.42 Å². The summed E-state index contributed by atoms with van der Waals surface area (Å²) in [5, 5.41) is 0.296. The summed E-state index contributed by atoms with van der Waals surface area (Å²) in [4.78, 5) is 0.00461. The predicted octanol–water partition coefficient (Wildman–Crippen LogP) is 4.57. The maximum atomic E-state index is 12.8. The lowest BCUT2D eigenvalue weighted by Crippen LogP contribution is -2.46. The largest absolute Gasteiger partial charge is 0.246 e.